The lowest BCUT2D eigenvalue weighted by Crippen LogP contribution is -2.43. The van der Waals surface area contributed by atoms with Crippen molar-refractivity contribution in [1.82, 2.24) is 5.32 Å². The first-order valence-electron chi connectivity index (χ1n) is 8.87. The quantitative estimate of drug-likeness (QED) is 0.683. The summed E-state index contributed by atoms with van der Waals surface area (Å²) in [4.78, 5) is 37.6. The van der Waals surface area contributed by atoms with E-state index in [1.807, 2.05) is 0 Å². The van der Waals surface area contributed by atoms with Crippen LogP contribution in [0, 0.1) is 11.8 Å². The number of nitrogens with one attached hydrogen (secondary N) is 1. The summed E-state index contributed by atoms with van der Waals surface area (Å²) in [5.41, 5.74) is 0.529. The summed E-state index contributed by atoms with van der Waals surface area (Å²) in [6.07, 6.45) is 0.0384. The minimum Gasteiger partial charge on any atom is -0.493 e. The molecule has 1 aromatic carbocycles. The molecule has 1 saturated heterocycles. The smallest absolute Gasteiger partial charge is 0.308 e. The number of anilines is 1. The molecule has 0 aliphatic carbocycles. The van der Waals surface area contributed by atoms with Crippen molar-refractivity contribution in [3.05, 3.63) is 12.1 Å². The van der Waals surface area contributed by atoms with Gasteiger partial charge in [-0.2, -0.15) is 0 Å². The maximum absolute atomic E-state index is 12.5. The highest BCUT2D eigenvalue weighted by molar-refractivity contribution is 6.00. The van der Waals surface area contributed by atoms with Crippen LogP contribution in [0.15, 0.2) is 12.1 Å². The van der Waals surface area contributed by atoms with E-state index in [2.05, 4.69) is 5.32 Å². The molecule has 1 aliphatic heterocycles. The molecule has 1 aromatic rings. The first-order valence-corrected chi connectivity index (χ1v) is 8.87. The monoisotopic (exact) mass is 394 g/mol. The van der Waals surface area contributed by atoms with Gasteiger partial charge in [0.1, 0.15) is 0 Å². The van der Waals surface area contributed by atoms with Gasteiger partial charge in [-0.1, -0.05) is 0 Å². The van der Waals surface area contributed by atoms with Crippen molar-refractivity contribution in [3.8, 4) is 17.2 Å². The highest BCUT2D eigenvalue weighted by atomic mass is 16.5. The van der Waals surface area contributed by atoms with Crippen LogP contribution in [-0.2, 0) is 14.4 Å². The number of amides is 2. The lowest BCUT2D eigenvalue weighted by Gasteiger charge is -2.22. The molecule has 2 amide bonds. The molecule has 3 unspecified atom stereocenters. The number of carbonyl (C=O) groups excluding carboxylic acids is 2. The number of aliphatic carboxylic acids is 1. The third-order valence-electron chi connectivity index (χ3n) is 4.97. The Balaban J connectivity index is 2.18. The second kappa shape index (κ2) is 8.81. The molecular formula is C19H26N2O7. The molecular weight excluding hydrogens is 368 g/mol. The van der Waals surface area contributed by atoms with Gasteiger partial charge < -0.3 is 29.5 Å². The van der Waals surface area contributed by atoms with Crippen LogP contribution >= 0.6 is 0 Å². The lowest BCUT2D eigenvalue weighted by atomic mass is 10.0. The molecule has 9 heteroatoms. The molecule has 3 atom stereocenters. The van der Waals surface area contributed by atoms with Gasteiger partial charge in [0.25, 0.3) is 0 Å². The molecule has 9 nitrogen and oxygen atoms in total. The molecule has 1 heterocycles. The molecule has 2 rings (SSSR count). The van der Waals surface area contributed by atoms with E-state index in [1.54, 1.807) is 19.1 Å². The van der Waals surface area contributed by atoms with E-state index in [1.165, 1.54) is 33.2 Å². The fourth-order valence-corrected chi connectivity index (χ4v) is 3.04. The number of carboxylic acids is 1. The van der Waals surface area contributed by atoms with Crippen LogP contribution in [0.1, 0.15) is 20.3 Å². The van der Waals surface area contributed by atoms with Crippen molar-refractivity contribution in [2.45, 2.75) is 26.3 Å². The average Bonchev–Trinajstić information content (AvgIpc) is 3.07. The zero-order chi connectivity index (χ0) is 21.0. The zero-order valence-corrected chi connectivity index (χ0v) is 16.6. The second-order valence-corrected chi connectivity index (χ2v) is 6.71. The number of carboxylic acid groups (broad SMARTS) is 1. The van der Waals surface area contributed by atoms with Gasteiger partial charge in [0.15, 0.2) is 11.5 Å². The molecule has 0 aromatic heterocycles. The SMILES string of the molecule is COc1cc(N2CC(C(=O)NC(C)C(C)C(=O)O)CC2=O)cc(OC)c1OC. The van der Waals surface area contributed by atoms with Crippen molar-refractivity contribution in [2.24, 2.45) is 11.8 Å². The molecule has 154 valence electrons. The first-order chi connectivity index (χ1) is 13.2. The van der Waals surface area contributed by atoms with Crippen molar-refractivity contribution in [1.29, 1.82) is 0 Å². The van der Waals surface area contributed by atoms with Crippen LogP contribution < -0.4 is 24.4 Å². The Morgan fingerprint density at radius 2 is 1.71 bits per heavy atom. The fourth-order valence-electron chi connectivity index (χ4n) is 3.04. The van der Waals surface area contributed by atoms with Crippen molar-refractivity contribution in [3.63, 3.8) is 0 Å². The van der Waals surface area contributed by atoms with Crippen molar-refractivity contribution in [2.75, 3.05) is 32.8 Å². The molecule has 0 saturated carbocycles. The maximum Gasteiger partial charge on any atom is 0.308 e. The van der Waals surface area contributed by atoms with E-state index in [9.17, 15) is 14.4 Å². The van der Waals surface area contributed by atoms with E-state index in [-0.39, 0.29) is 24.8 Å². The predicted molar refractivity (Wildman–Crippen MR) is 101 cm³/mol. The summed E-state index contributed by atoms with van der Waals surface area (Å²) in [5.74, 6) is -1.64. The predicted octanol–water partition coefficient (Wildman–Crippen LogP) is 1.29. The summed E-state index contributed by atoms with van der Waals surface area (Å²) in [5, 5.41) is 11.7. The molecule has 2 N–H and O–H groups in total. The van der Waals surface area contributed by atoms with Crippen molar-refractivity contribution >= 4 is 23.5 Å². The highest BCUT2D eigenvalue weighted by Crippen LogP contribution is 2.42. The van der Waals surface area contributed by atoms with Crippen LogP contribution in [0.3, 0.4) is 0 Å². The summed E-state index contributed by atoms with van der Waals surface area (Å²) < 4.78 is 15.9. The number of rotatable bonds is 8. The molecule has 0 spiro atoms. The van der Waals surface area contributed by atoms with Gasteiger partial charge in [0.05, 0.1) is 38.9 Å². The average molecular weight is 394 g/mol. The Morgan fingerprint density at radius 1 is 1.14 bits per heavy atom. The van der Waals surface area contributed by atoms with Gasteiger partial charge in [0, 0.05) is 31.1 Å². The van der Waals surface area contributed by atoms with E-state index >= 15 is 0 Å². The zero-order valence-electron chi connectivity index (χ0n) is 16.6. The van der Waals surface area contributed by atoms with Crippen LogP contribution in [-0.4, -0.2) is 56.8 Å². The highest BCUT2D eigenvalue weighted by Gasteiger charge is 2.37. The second-order valence-electron chi connectivity index (χ2n) is 6.71. The minimum atomic E-state index is -0.991. The molecule has 1 aliphatic rings. The first kappa shape index (κ1) is 21.3. The van der Waals surface area contributed by atoms with Gasteiger partial charge in [-0.3, -0.25) is 14.4 Å². The Morgan fingerprint density at radius 3 is 2.18 bits per heavy atom. The van der Waals surface area contributed by atoms with Gasteiger partial charge in [-0.25, -0.2) is 0 Å². The minimum absolute atomic E-state index is 0.0384. The summed E-state index contributed by atoms with van der Waals surface area (Å²) in [6.45, 7) is 3.33. The largest absolute Gasteiger partial charge is 0.493 e. The van der Waals surface area contributed by atoms with Gasteiger partial charge >= 0.3 is 5.97 Å². The molecule has 28 heavy (non-hydrogen) atoms. The van der Waals surface area contributed by atoms with Gasteiger partial charge in [0.2, 0.25) is 17.6 Å². The summed E-state index contributed by atoms with van der Waals surface area (Å²) >= 11 is 0. The molecule has 0 bridgehead atoms. The van der Waals surface area contributed by atoms with Gasteiger partial charge in [-0.05, 0) is 13.8 Å². The number of carbonyl (C=O) groups is 3. The van der Waals surface area contributed by atoms with Crippen LogP contribution in [0.4, 0.5) is 5.69 Å². The van der Waals surface area contributed by atoms with Crippen LogP contribution in [0.5, 0.6) is 17.2 Å². The van der Waals surface area contributed by atoms with Crippen molar-refractivity contribution < 1.29 is 33.7 Å². The summed E-state index contributed by atoms with van der Waals surface area (Å²) in [7, 11) is 4.45. The maximum atomic E-state index is 12.5. The third-order valence-corrected chi connectivity index (χ3v) is 4.97. The van der Waals surface area contributed by atoms with Crippen LogP contribution in [0.25, 0.3) is 0 Å². The standard InChI is InChI=1S/C19H26N2O7/c1-10(19(24)25)11(2)20-18(23)12-6-16(22)21(9-12)13-7-14(26-3)17(28-5)15(8-13)27-4/h7-8,10-12H,6,9H2,1-5H3,(H,20,23)(H,24,25). The Bertz CT molecular complexity index is 740. The fraction of sp³-hybridized carbons (Fsp3) is 0.526. The summed E-state index contributed by atoms with van der Waals surface area (Å²) in [6, 6.07) is 2.75. The van der Waals surface area contributed by atoms with E-state index in [4.69, 9.17) is 19.3 Å². The van der Waals surface area contributed by atoms with E-state index < -0.39 is 23.8 Å². The third kappa shape index (κ3) is 4.29. The topological polar surface area (TPSA) is 114 Å². The normalized spacial score (nSPS) is 18.4. The van der Waals surface area contributed by atoms with Gasteiger partial charge in [-0.15, -0.1) is 0 Å². The number of hydrogen-bond acceptors (Lipinski definition) is 6. The number of ether oxygens (including phenoxy) is 3. The number of methoxy groups -OCH3 is 3. The number of nitrogens with zero attached hydrogens (tertiary/aromatic N) is 1. The van der Waals surface area contributed by atoms with E-state index in [0.29, 0.717) is 22.9 Å². The van der Waals surface area contributed by atoms with Crippen LogP contribution in [0.2, 0.25) is 0 Å². The Labute approximate surface area is 163 Å². The molecule has 1 fully saturated rings. The van der Waals surface area contributed by atoms with E-state index in [0.717, 1.165) is 0 Å². The number of benzene rings is 1. The Kier molecular flexibility index (Phi) is 6.71. The lowest BCUT2D eigenvalue weighted by molar-refractivity contribution is -0.142. The molecule has 0 radical (unpaired) electrons. The Hall–Kier alpha value is -2.97. The number of hydrogen-bond donors (Lipinski definition) is 2.